The fourth-order valence-corrected chi connectivity index (χ4v) is 4.90. The number of aromatic hydroxyl groups is 1. The molecule has 0 aliphatic carbocycles. The van der Waals surface area contributed by atoms with Gasteiger partial charge < -0.3 is 19.9 Å². The van der Waals surface area contributed by atoms with E-state index in [-0.39, 0.29) is 11.3 Å². The first kappa shape index (κ1) is 21.6. The summed E-state index contributed by atoms with van der Waals surface area (Å²) in [7, 11) is 0. The number of nitrogens with one attached hydrogen (secondary N) is 1. The maximum atomic E-state index is 13.8. The summed E-state index contributed by atoms with van der Waals surface area (Å²) >= 11 is 6.70. The number of aromatic nitrogens is 1. The Kier molecular flexibility index (Phi) is 5.83. The molecule has 33 heavy (non-hydrogen) atoms. The lowest BCUT2D eigenvalue weighted by Crippen LogP contribution is -2.46. The Bertz CT molecular complexity index is 1360. The van der Waals surface area contributed by atoms with Gasteiger partial charge in [0.2, 0.25) is 0 Å². The average molecular weight is 460 g/mol. The second-order valence-corrected chi connectivity index (χ2v) is 8.84. The summed E-state index contributed by atoms with van der Waals surface area (Å²) < 4.78 is 1.75. The van der Waals surface area contributed by atoms with E-state index >= 15 is 0 Å². The van der Waals surface area contributed by atoms with Crippen molar-refractivity contribution in [2.75, 3.05) is 31.1 Å². The molecule has 0 atom stereocenters. The Morgan fingerprint density at radius 3 is 2.30 bits per heavy atom. The number of hydrogen-bond donors (Lipinski definition) is 2. The molecule has 4 aromatic rings. The van der Waals surface area contributed by atoms with Crippen molar-refractivity contribution in [2.24, 2.45) is 0 Å². The molecule has 1 aliphatic rings. The van der Waals surface area contributed by atoms with Crippen LogP contribution in [0.15, 0.2) is 71.5 Å². The summed E-state index contributed by atoms with van der Waals surface area (Å²) in [6.45, 7) is 5.20. The summed E-state index contributed by atoms with van der Waals surface area (Å²) in [5.41, 5.74) is 4.48. The molecular weight excluding hydrogens is 434 g/mol. The molecule has 0 radical (unpaired) electrons. The maximum absolute atomic E-state index is 13.8. The van der Waals surface area contributed by atoms with Gasteiger partial charge in [-0.05, 0) is 35.2 Å². The third-order valence-electron chi connectivity index (χ3n) is 6.38. The highest BCUT2D eigenvalue weighted by Crippen LogP contribution is 2.43. The molecule has 168 valence electrons. The molecule has 1 saturated heterocycles. The zero-order valence-corrected chi connectivity index (χ0v) is 19.3. The molecular formula is C27H26ClN3O2. The Morgan fingerprint density at radius 2 is 1.64 bits per heavy atom. The molecule has 5 nitrogen and oxygen atoms in total. The van der Waals surface area contributed by atoms with Crippen molar-refractivity contribution in [1.29, 1.82) is 0 Å². The van der Waals surface area contributed by atoms with Gasteiger partial charge in [-0.15, -0.1) is 0 Å². The van der Waals surface area contributed by atoms with Gasteiger partial charge in [0.1, 0.15) is 5.69 Å². The third-order valence-corrected chi connectivity index (χ3v) is 6.77. The summed E-state index contributed by atoms with van der Waals surface area (Å²) in [6, 6.07) is 21.6. The molecule has 0 amide bonds. The first-order valence-corrected chi connectivity index (χ1v) is 11.6. The number of benzene rings is 3. The lowest BCUT2D eigenvalue weighted by molar-refractivity contribution is 0.473. The highest BCUT2D eigenvalue weighted by atomic mass is 35.5. The van der Waals surface area contributed by atoms with E-state index in [1.54, 1.807) is 4.57 Å². The SMILES string of the molecule is Cc1c(Cl)cc2c(c(O)c(N3CCNCC3)c(=O)n2Cc2ccccc2)c1-c1ccccc1. The average Bonchev–Trinajstić information content (AvgIpc) is 2.85. The quantitative estimate of drug-likeness (QED) is 0.460. The molecule has 0 unspecified atom stereocenters. The number of piperazine rings is 1. The second kappa shape index (κ2) is 8.93. The molecule has 0 saturated carbocycles. The van der Waals surface area contributed by atoms with E-state index in [2.05, 4.69) is 5.32 Å². The fraction of sp³-hybridized carbons (Fsp3) is 0.222. The minimum atomic E-state index is -0.204. The molecule has 6 heteroatoms. The molecule has 1 fully saturated rings. The number of rotatable bonds is 4. The van der Waals surface area contributed by atoms with Gasteiger partial charge in [-0.3, -0.25) is 4.79 Å². The topological polar surface area (TPSA) is 57.5 Å². The van der Waals surface area contributed by atoms with Crippen LogP contribution in [0.25, 0.3) is 22.0 Å². The van der Waals surface area contributed by atoms with E-state index in [0.717, 1.165) is 35.3 Å². The van der Waals surface area contributed by atoms with Crippen LogP contribution >= 0.6 is 11.6 Å². The van der Waals surface area contributed by atoms with Crippen molar-refractivity contribution >= 4 is 28.2 Å². The standard InChI is InChI=1S/C27H26ClN3O2/c1-18-21(28)16-22-24(23(18)20-10-6-3-7-11-20)26(32)25(30-14-12-29-13-15-30)27(33)31(22)17-19-8-4-2-5-9-19/h2-11,16,29,32H,12-15,17H2,1H3. The highest BCUT2D eigenvalue weighted by Gasteiger charge is 2.26. The van der Waals surface area contributed by atoms with Crippen molar-refractivity contribution in [3.63, 3.8) is 0 Å². The molecule has 1 aromatic heterocycles. The number of pyridine rings is 1. The van der Waals surface area contributed by atoms with Gasteiger partial charge in [0.15, 0.2) is 5.75 Å². The molecule has 2 N–H and O–H groups in total. The minimum Gasteiger partial charge on any atom is -0.505 e. The molecule has 0 bridgehead atoms. The maximum Gasteiger partial charge on any atom is 0.278 e. The minimum absolute atomic E-state index is 0.0276. The van der Waals surface area contributed by atoms with E-state index in [0.29, 0.717) is 41.2 Å². The predicted octanol–water partition coefficient (Wildman–Crippen LogP) is 4.79. The van der Waals surface area contributed by atoms with Gasteiger partial charge in [0.25, 0.3) is 5.56 Å². The third kappa shape index (κ3) is 3.88. The predicted molar refractivity (Wildman–Crippen MR) is 136 cm³/mol. The summed E-state index contributed by atoms with van der Waals surface area (Å²) in [5.74, 6) is 0.0276. The Balaban J connectivity index is 1.88. The first-order chi connectivity index (χ1) is 16.1. The van der Waals surface area contributed by atoms with Crippen LogP contribution in [0.5, 0.6) is 5.75 Å². The molecule has 0 spiro atoms. The lowest BCUT2D eigenvalue weighted by Gasteiger charge is -2.31. The molecule has 2 heterocycles. The van der Waals surface area contributed by atoms with Gasteiger partial charge in [-0.25, -0.2) is 0 Å². The van der Waals surface area contributed by atoms with Gasteiger partial charge in [0.05, 0.1) is 17.4 Å². The Morgan fingerprint density at radius 1 is 1.00 bits per heavy atom. The zero-order chi connectivity index (χ0) is 22.9. The summed E-state index contributed by atoms with van der Waals surface area (Å²) in [6.07, 6.45) is 0. The van der Waals surface area contributed by atoms with Gasteiger partial charge in [-0.2, -0.15) is 0 Å². The van der Waals surface area contributed by atoms with Crippen LogP contribution in [0.1, 0.15) is 11.1 Å². The number of nitrogens with zero attached hydrogens (tertiary/aromatic N) is 2. The Labute approximate surface area is 197 Å². The van der Waals surface area contributed by atoms with Crippen molar-refractivity contribution in [3.8, 4) is 16.9 Å². The van der Waals surface area contributed by atoms with Crippen LogP contribution in [0.2, 0.25) is 5.02 Å². The lowest BCUT2D eigenvalue weighted by atomic mass is 9.94. The van der Waals surface area contributed by atoms with E-state index in [9.17, 15) is 9.90 Å². The summed E-state index contributed by atoms with van der Waals surface area (Å²) in [5, 5.41) is 16.2. The second-order valence-electron chi connectivity index (χ2n) is 8.43. The van der Waals surface area contributed by atoms with Crippen LogP contribution in [0, 0.1) is 6.92 Å². The largest absolute Gasteiger partial charge is 0.505 e. The van der Waals surface area contributed by atoms with Crippen molar-refractivity contribution in [1.82, 2.24) is 9.88 Å². The van der Waals surface area contributed by atoms with Crippen LogP contribution in [0.4, 0.5) is 5.69 Å². The van der Waals surface area contributed by atoms with Crippen LogP contribution < -0.4 is 15.8 Å². The van der Waals surface area contributed by atoms with Crippen LogP contribution in [-0.2, 0) is 6.54 Å². The van der Waals surface area contributed by atoms with Crippen LogP contribution in [0.3, 0.4) is 0 Å². The van der Waals surface area contributed by atoms with Crippen LogP contribution in [-0.4, -0.2) is 35.9 Å². The van der Waals surface area contributed by atoms with E-state index in [1.807, 2.05) is 78.6 Å². The van der Waals surface area contributed by atoms with E-state index in [4.69, 9.17) is 11.6 Å². The molecule has 5 rings (SSSR count). The fourth-order valence-electron chi connectivity index (χ4n) is 4.71. The zero-order valence-electron chi connectivity index (χ0n) is 18.5. The Hall–Kier alpha value is -3.28. The van der Waals surface area contributed by atoms with E-state index < -0.39 is 0 Å². The van der Waals surface area contributed by atoms with Crippen molar-refractivity contribution in [3.05, 3.63) is 93.2 Å². The number of halogens is 1. The van der Waals surface area contributed by atoms with Crippen molar-refractivity contribution in [2.45, 2.75) is 13.5 Å². The van der Waals surface area contributed by atoms with E-state index in [1.165, 1.54) is 0 Å². The molecule has 3 aromatic carbocycles. The van der Waals surface area contributed by atoms with Gasteiger partial charge in [0, 0.05) is 31.2 Å². The number of hydrogen-bond acceptors (Lipinski definition) is 4. The van der Waals surface area contributed by atoms with Gasteiger partial charge >= 0.3 is 0 Å². The number of anilines is 1. The normalized spacial score (nSPS) is 14.1. The monoisotopic (exact) mass is 459 g/mol. The van der Waals surface area contributed by atoms with Gasteiger partial charge in [-0.1, -0.05) is 72.3 Å². The smallest absolute Gasteiger partial charge is 0.278 e. The summed E-state index contributed by atoms with van der Waals surface area (Å²) in [4.78, 5) is 15.8. The van der Waals surface area contributed by atoms with Crippen molar-refractivity contribution < 1.29 is 5.11 Å². The highest BCUT2D eigenvalue weighted by molar-refractivity contribution is 6.33. The number of fused-ring (bicyclic) bond motifs is 1. The first-order valence-electron chi connectivity index (χ1n) is 11.2. The molecule has 1 aliphatic heterocycles.